The van der Waals surface area contributed by atoms with Crippen LogP contribution in [0.25, 0.3) is 0 Å². The smallest absolute Gasteiger partial charge is 0.308 e. The van der Waals surface area contributed by atoms with E-state index in [1.54, 1.807) is 23.9 Å². The maximum absolute atomic E-state index is 13.0. The number of esters is 1. The molecule has 8 heteroatoms. The number of benzene rings is 1. The zero-order valence-electron chi connectivity index (χ0n) is 20.4. The Morgan fingerprint density at radius 3 is 2.09 bits per heavy atom. The van der Waals surface area contributed by atoms with Gasteiger partial charge in [0.2, 0.25) is 11.7 Å². The first-order chi connectivity index (χ1) is 16.8. The Hall–Kier alpha value is -3.34. The first-order valence-corrected chi connectivity index (χ1v) is 12.5. The molecule has 1 aromatic carbocycles. The molecule has 4 bridgehead atoms. The topological polar surface area (TPSA) is 103 Å². The molecular weight excluding hydrogens is 444 g/mol. The fraction of sp³-hybridized carbons (Fsp3) is 0.556. The van der Waals surface area contributed by atoms with E-state index in [1.807, 2.05) is 30.3 Å². The van der Waals surface area contributed by atoms with Crippen LogP contribution in [0.4, 0.5) is 11.4 Å². The second kappa shape index (κ2) is 9.03. The van der Waals surface area contributed by atoms with Crippen molar-refractivity contribution in [1.29, 1.82) is 5.26 Å². The number of ketones is 1. The lowest BCUT2D eigenvalue weighted by atomic mass is 9.49. The minimum Gasteiger partial charge on any atom is -0.457 e. The van der Waals surface area contributed by atoms with Crippen LogP contribution in [0.5, 0.6) is 0 Å². The van der Waals surface area contributed by atoms with Crippen molar-refractivity contribution in [2.24, 2.45) is 23.2 Å². The summed E-state index contributed by atoms with van der Waals surface area (Å²) in [6, 6.07) is 9.59. The molecule has 184 valence electrons. The third kappa shape index (κ3) is 4.18. The predicted octanol–water partition coefficient (Wildman–Crippen LogP) is 3.14. The van der Waals surface area contributed by atoms with Gasteiger partial charge in [-0.05, 0) is 68.4 Å². The highest BCUT2D eigenvalue weighted by molar-refractivity contribution is 6.03. The van der Waals surface area contributed by atoms with Crippen LogP contribution < -0.4 is 15.1 Å². The van der Waals surface area contributed by atoms with E-state index >= 15 is 0 Å². The maximum Gasteiger partial charge on any atom is 0.308 e. The Morgan fingerprint density at radius 1 is 1.03 bits per heavy atom. The number of Topliss-reactive ketones (excluding diaryl/α,β-unsaturated/α-hetero) is 1. The van der Waals surface area contributed by atoms with Gasteiger partial charge in [-0.3, -0.25) is 14.4 Å². The third-order valence-electron chi connectivity index (χ3n) is 8.35. The normalized spacial score (nSPS) is 27.9. The van der Waals surface area contributed by atoms with Crippen molar-refractivity contribution in [1.82, 2.24) is 5.32 Å². The highest BCUT2D eigenvalue weighted by Gasteiger charge is 2.54. The minimum absolute atomic E-state index is 0.00487. The van der Waals surface area contributed by atoms with Crippen LogP contribution in [-0.4, -0.2) is 44.9 Å². The monoisotopic (exact) mass is 476 g/mol. The van der Waals surface area contributed by atoms with Gasteiger partial charge in [-0.25, -0.2) is 0 Å². The quantitative estimate of drug-likeness (QED) is 0.366. The number of nitrogens with one attached hydrogen (secondary N) is 1. The van der Waals surface area contributed by atoms with E-state index in [2.05, 4.69) is 5.32 Å². The summed E-state index contributed by atoms with van der Waals surface area (Å²) in [6.07, 6.45) is 6.73. The van der Waals surface area contributed by atoms with Crippen LogP contribution in [0.15, 0.2) is 35.7 Å². The maximum atomic E-state index is 13.0. The fourth-order valence-corrected chi connectivity index (χ4v) is 7.20. The summed E-state index contributed by atoms with van der Waals surface area (Å²) in [4.78, 5) is 41.6. The molecule has 0 aromatic heterocycles. The molecule has 35 heavy (non-hydrogen) atoms. The average Bonchev–Trinajstić information content (AvgIpc) is 3.08. The van der Waals surface area contributed by atoms with Crippen LogP contribution in [0.3, 0.4) is 0 Å². The van der Waals surface area contributed by atoms with Crippen molar-refractivity contribution in [3.63, 3.8) is 0 Å². The zero-order valence-corrected chi connectivity index (χ0v) is 20.4. The molecular formula is C27H32N4O4. The molecule has 4 fully saturated rings. The molecule has 1 amide bonds. The van der Waals surface area contributed by atoms with Crippen LogP contribution in [-0.2, 0) is 19.1 Å². The van der Waals surface area contributed by atoms with Gasteiger partial charge in [-0.15, -0.1) is 0 Å². The molecule has 0 spiro atoms. The number of carbonyl (C=O) groups is 3. The molecule has 1 N–H and O–H groups in total. The van der Waals surface area contributed by atoms with Gasteiger partial charge in [-0.1, -0.05) is 12.1 Å². The summed E-state index contributed by atoms with van der Waals surface area (Å²) in [5.74, 6) is 1.44. The molecule has 5 aliphatic rings. The summed E-state index contributed by atoms with van der Waals surface area (Å²) in [5.41, 5.74) is 1.46. The largest absolute Gasteiger partial charge is 0.457 e. The highest BCUT2D eigenvalue weighted by atomic mass is 16.5. The van der Waals surface area contributed by atoms with Gasteiger partial charge in [0.05, 0.1) is 17.8 Å². The fourth-order valence-electron chi connectivity index (χ4n) is 7.20. The lowest BCUT2D eigenvalue weighted by molar-refractivity contribution is -0.148. The minimum atomic E-state index is -0.567. The zero-order chi connectivity index (χ0) is 24.7. The summed E-state index contributed by atoms with van der Waals surface area (Å²) in [7, 11) is 3.58. The second-order valence-electron chi connectivity index (χ2n) is 10.7. The number of nitrogens with zero attached hydrogens (tertiary/aromatic N) is 3. The van der Waals surface area contributed by atoms with Gasteiger partial charge in [0.1, 0.15) is 17.5 Å². The number of para-hydroxylation sites is 2. The SMILES string of the molecule is CN1C(=C(C#N)C(=O)COC(=O)CCNC(=O)C23CC4CC(CC(C4)C2)C3)N(C)c2ccccc21. The van der Waals surface area contributed by atoms with E-state index in [4.69, 9.17) is 4.74 Å². The average molecular weight is 477 g/mol. The van der Waals surface area contributed by atoms with Gasteiger partial charge in [0.25, 0.3) is 0 Å². The Morgan fingerprint density at radius 2 is 1.57 bits per heavy atom. The van der Waals surface area contributed by atoms with Crippen molar-refractivity contribution in [3.8, 4) is 6.07 Å². The molecule has 4 aliphatic carbocycles. The number of hydrogen-bond acceptors (Lipinski definition) is 7. The highest BCUT2D eigenvalue weighted by Crippen LogP contribution is 2.60. The molecule has 0 saturated heterocycles. The molecule has 1 aliphatic heterocycles. The number of nitriles is 1. The molecule has 0 unspecified atom stereocenters. The van der Waals surface area contributed by atoms with Gasteiger partial charge in [-0.2, -0.15) is 5.26 Å². The molecule has 0 radical (unpaired) electrons. The Labute approximate surface area is 205 Å². The van der Waals surface area contributed by atoms with E-state index in [9.17, 15) is 19.6 Å². The number of rotatable bonds is 7. The van der Waals surface area contributed by atoms with Crippen LogP contribution in [0.2, 0.25) is 0 Å². The summed E-state index contributed by atoms with van der Waals surface area (Å²) >= 11 is 0. The van der Waals surface area contributed by atoms with Crippen LogP contribution in [0.1, 0.15) is 44.9 Å². The first-order valence-electron chi connectivity index (χ1n) is 12.5. The van der Waals surface area contributed by atoms with Crippen molar-refractivity contribution in [2.75, 3.05) is 37.0 Å². The lowest BCUT2D eigenvalue weighted by Crippen LogP contribution is -2.53. The molecule has 8 nitrogen and oxygen atoms in total. The third-order valence-corrected chi connectivity index (χ3v) is 8.35. The molecule has 1 aromatic rings. The van der Waals surface area contributed by atoms with Gasteiger partial charge >= 0.3 is 5.97 Å². The lowest BCUT2D eigenvalue weighted by Gasteiger charge is -2.55. The Kier molecular flexibility index (Phi) is 6.04. The number of carbonyl (C=O) groups excluding carboxylic acids is 3. The van der Waals surface area contributed by atoms with Gasteiger partial charge in [0, 0.05) is 26.1 Å². The molecule has 6 rings (SSSR count). The van der Waals surface area contributed by atoms with E-state index in [0.29, 0.717) is 23.6 Å². The van der Waals surface area contributed by atoms with E-state index in [0.717, 1.165) is 30.6 Å². The number of amides is 1. The van der Waals surface area contributed by atoms with Crippen LogP contribution in [0, 0.1) is 34.5 Å². The van der Waals surface area contributed by atoms with Crippen molar-refractivity contribution < 1.29 is 19.1 Å². The summed E-state index contributed by atoms with van der Waals surface area (Å²) in [5, 5.41) is 12.6. The van der Waals surface area contributed by atoms with E-state index < -0.39 is 18.4 Å². The summed E-state index contributed by atoms with van der Waals surface area (Å²) in [6.45, 7) is -0.313. The van der Waals surface area contributed by atoms with Crippen LogP contribution >= 0.6 is 0 Å². The van der Waals surface area contributed by atoms with Crippen molar-refractivity contribution in [2.45, 2.75) is 44.9 Å². The first kappa shape index (κ1) is 23.4. The van der Waals surface area contributed by atoms with Crippen molar-refractivity contribution in [3.05, 3.63) is 35.7 Å². The molecule has 4 saturated carbocycles. The predicted molar refractivity (Wildman–Crippen MR) is 130 cm³/mol. The number of ether oxygens (including phenoxy) is 1. The Bertz CT molecular complexity index is 1070. The standard InChI is InChI=1S/C27H32N4O4/c1-30-21-5-3-4-6-22(21)31(2)25(30)20(15-28)23(32)16-35-24(33)7-8-29-26(34)27-12-17-9-18(13-27)11-19(10-17)14-27/h3-6,17-19H,7-14,16H2,1-2H3,(H,29,34). The second-order valence-corrected chi connectivity index (χ2v) is 10.7. The van der Waals surface area contributed by atoms with E-state index in [1.165, 1.54) is 19.3 Å². The number of anilines is 2. The number of hydrogen-bond donors (Lipinski definition) is 1. The molecule has 0 atom stereocenters. The van der Waals surface area contributed by atoms with E-state index in [-0.39, 0.29) is 29.9 Å². The van der Waals surface area contributed by atoms with Gasteiger partial charge in [0.15, 0.2) is 6.61 Å². The Balaban J connectivity index is 1.13. The van der Waals surface area contributed by atoms with Crippen molar-refractivity contribution >= 4 is 29.0 Å². The number of fused-ring (bicyclic) bond motifs is 1. The van der Waals surface area contributed by atoms with Gasteiger partial charge < -0.3 is 19.9 Å². The summed E-state index contributed by atoms with van der Waals surface area (Å²) < 4.78 is 5.16. The molecule has 1 heterocycles.